The van der Waals surface area contributed by atoms with Gasteiger partial charge < -0.3 is 15.4 Å². The number of rotatable bonds is 5. The second kappa shape index (κ2) is 5.73. The van der Waals surface area contributed by atoms with Gasteiger partial charge in [0.25, 0.3) is 5.91 Å². The van der Waals surface area contributed by atoms with Crippen molar-refractivity contribution in [2.45, 2.75) is 42.5 Å². The molecule has 0 spiro atoms. The van der Waals surface area contributed by atoms with Gasteiger partial charge in [-0.25, -0.2) is 8.42 Å². The minimum atomic E-state index is -4.06. The Morgan fingerprint density at radius 2 is 1.91 bits per heavy atom. The number of carbonyl (C=O) groups excluding carboxylic acids is 1. The van der Waals surface area contributed by atoms with E-state index in [1.54, 1.807) is 0 Å². The number of aryl methyl sites for hydroxylation is 1. The fourth-order valence-corrected chi connectivity index (χ4v) is 4.24. The van der Waals surface area contributed by atoms with Crippen LogP contribution in [0.4, 0.5) is 0 Å². The van der Waals surface area contributed by atoms with Gasteiger partial charge in [-0.3, -0.25) is 9.59 Å². The summed E-state index contributed by atoms with van der Waals surface area (Å²) in [7, 11) is -2.57. The molecule has 1 aliphatic rings. The first kappa shape index (κ1) is 16.5. The Hall–Kier alpha value is -1.87. The van der Waals surface area contributed by atoms with Gasteiger partial charge in [0.1, 0.15) is 16.1 Å². The SMILES string of the molecule is Cn1cc(S(=O)(=O)NC2(C(=O)O)CCCCC2)cc1C(N)=O. The molecule has 1 fully saturated rings. The number of carboxylic acids is 1. The Bertz CT molecular complexity index is 701. The third kappa shape index (κ3) is 3.00. The summed E-state index contributed by atoms with van der Waals surface area (Å²) >= 11 is 0. The lowest BCUT2D eigenvalue weighted by Gasteiger charge is -2.33. The lowest BCUT2D eigenvalue weighted by atomic mass is 9.83. The highest BCUT2D eigenvalue weighted by atomic mass is 32.2. The summed E-state index contributed by atoms with van der Waals surface area (Å²) in [6.07, 6.45) is 3.91. The normalized spacial score (nSPS) is 18.0. The van der Waals surface area contributed by atoms with E-state index in [4.69, 9.17) is 5.73 Å². The van der Waals surface area contributed by atoms with Crippen molar-refractivity contribution in [2.24, 2.45) is 12.8 Å². The summed E-state index contributed by atoms with van der Waals surface area (Å²) in [5.41, 5.74) is 3.71. The Morgan fingerprint density at radius 3 is 2.36 bits per heavy atom. The van der Waals surface area contributed by atoms with Crippen LogP contribution < -0.4 is 10.5 Å². The molecule has 1 heterocycles. The summed E-state index contributed by atoms with van der Waals surface area (Å²) in [5, 5.41) is 9.44. The van der Waals surface area contributed by atoms with Crippen LogP contribution in [0.5, 0.6) is 0 Å². The quantitative estimate of drug-likeness (QED) is 0.709. The number of carbonyl (C=O) groups is 2. The number of hydrogen-bond acceptors (Lipinski definition) is 4. The summed E-state index contributed by atoms with van der Waals surface area (Å²) in [5.74, 6) is -1.93. The van der Waals surface area contributed by atoms with Crippen molar-refractivity contribution in [1.82, 2.24) is 9.29 Å². The molecule has 8 nitrogen and oxygen atoms in total. The highest BCUT2D eigenvalue weighted by molar-refractivity contribution is 7.89. The molecule has 0 aliphatic heterocycles. The van der Waals surface area contributed by atoms with Crippen LogP contribution in [0.1, 0.15) is 42.6 Å². The number of sulfonamides is 1. The average Bonchev–Trinajstić information content (AvgIpc) is 2.82. The zero-order valence-electron chi connectivity index (χ0n) is 12.2. The van der Waals surface area contributed by atoms with Gasteiger partial charge in [-0.1, -0.05) is 19.3 Å². The molecule has 4 N–H and O–H groups in total. The van der Waals surface area contributed by atoms with Crippen molar-refractivity contribution in [2.75, 3.05) is 0 Å². The van der Waals surface area contributed by atoms with E-state index >= 15 is 0 Å². The number of aliphatic carboxylic acids is 1. The molecular formula is C13H19N3O5S. The van der Waals surface area contributed by atoms with Gasteiger partial charge in [0.2, 0.25) is 10.0 Å². The fourth-order valence-electron chi connectivity index (χ4n) is 2.76. The van der Waals surface area contributed by atoms with Crippen LogP contribution in [0.2, 0.25) is 0 Å². The molecule has 2 rings (SSSR count). The molecule has 1 aliphatic carbocycles. The van der Waals surface area contributed by atoms with Crippen LogP contribution >= 0.6 is 0 Å². The lowest BCUT2D eigenvalue weighted by Crippen LogP contribution is -2.55. The number of aromatic nitrogens is 1. The van der Waals surface area contributed by atoms with Crippen molar-refractivity contribution in [3.05, 3.63) is 18.0 Å². The first-order valence-corrected chi connectivity index (χ1v) is 8.40. The molecule has 0 saturated heterocycles. The Labute approximate surface area is 128 Å². The van der Waals surface area contributed by atoms with Gasteiger partial charge in [-0.15, -0.1) is 0 Å². The molecule has 0 atom stereocenters. The van der Waals surface area contributed by atoms with E-state index in [1.807, 2.05) is 0 Å². The molecular weight excluding hydrogens is 310 g/mol. The number of carboxylic acid groups (broad SMARTS) is 1. The number of amides is 1. The van der Waals surface area contributed by atoms with Gasteiger partial charge in [0.05, 0.1) is 0 Å². The molecule has 1 aromatic rings. The predicted octanol–water partition coefficient (Wildman–Crippen LogP) is 0.190. The predicted molar refractivity (Wildman–Crippen MR) is 77.7 cm³/mol. The van der Waals surface area contributed by atoms with Gasteiger partial charge in [0.15, 0.2) is 0 Å². The van der Waals surface area contributed by atoms with E-state index in [2.05, 4.69) is 4.72 Å². The van der Waals surface area contributed by atoms with Gasteiger partial charge in [0, 0.05) is 13.2 Å². The Kier molecular flexibility index (Phi) is 4.30. The topological polar surface area (TPSA) is 131 Å². The molecule has 0 bridgehead atoms. The molecule has 0 aromatic carbocycles. The maximum absolute atomic E-state index is 12.5. The van der Waals surface area contributed by atoms with Gasteiger partial charge in [-0.05, 0) is 18.9 Å². The summed E-state index contributed by atoms with van der Waals surface area (Å²) in [6.45, 7) is 0. The number of nitrogens with two attached hydrogens (primary N) is 1. The maximum atomic E-state index is 12.5. The zero-order valence-corrected chi connectivity index (χ0v) is 13.0. The van der Waals surface area contributed by atoms with Crippen molar-refractivity contribution in [1.29, 1.82) is 0 Å². The van der Waals surface area contributed by atoms with Crippen LogP contribution in [0.25, 0.3) is 0 Å². The number of hydrogen-bond donors (Lipinski definition) is 3. The summed E-state index contributed by atoms with van der Waals surface area (Å²) < 4.78 is 28.5. The van der Waals surface area contributed by atoms with Gasteiger partial charge in [-0.2, -0.15) is 4.72 Å². The number of nitrogens with zero attached hydrogens (tertiary/aromatic N) is 1. The van der Waals surface area contributed by atoms with Crippen LogP contribution in [0.3, 0.4) is 0 Å². The van der Waals surface area contributed by atoms with Crippen LogP contribution in [0.15, 0.2) is 17.2 Å². The standard InChI is InChI=1S/C13H19N3O5S/c1-16-8-9(7-10(16)11(14)17)22(20,21)15-13(12(18)19)5-3-2-4-6-13/h7-8,15H,2-6H2,1H3,(H2,14,17)(H,18,19). The smallest absolute Gasteiger partial charge is 0.324 e. The second-order valence-electron chi connectivity index (χ2n) is 5.59. The number of nitrogens with one attached hydrogen (secondary N) is 1. The average molecular weight is 329 g/mol. The molecule has 1 amide bonds. The third-order valence-corrected chi connectivity index (χ3v) is 5.49. The van der Waals surface area contributed by atoms with Crippen molar-refractivity contribution in [3.63, 3.8) is 0 Å². The van der Waals surface area contributed by atoms with Crippen LogP contribution in [-0.4, -0.2) is 35.5 Å². The van der Waals surface area contributed by atoms with E-state index in [9.17, 15) is 23.1 Å². The Morgan fingerprint density at radius 1 is 1.32 bits per heavy atom. The molecule has 0 unspecified atom stereocenters. The van der Waals surface area contributed by atoms with E-state index in [1.165, 1.54) is 17.8 Å². The van der Waals surface area contributed by atoms with E-state index < -0.39 is 27.4 Å². The Balaban J connectivity index is 2.36. The van der Waals surface area contributed by atoms with E-state index in [0.717, 1.165) is 12.5 Å². The highest BCUT2D eigenvalue weighted by Gasteiger charge is 2.43. The first-order chi connectivity index (χ1) is 10.2. The van der Waals surface area contributed by atoms with E-state index in [-0.39, 0.29) is 23.4 Å². The first-order valence-electron chi connectivity index (χ1n) is 6.91. The van der Waals surface area contributed by atoms with Crippen LogP contribution in [0, 0.1) is 0 Å². The fraction of sp³-hybridized carbons (Fsp3) is 0.538. The van der Waals surface area contributed by atoms with Crippen molar-refractivity contribution < 1.29 is 23.1 Å². The zero-order chi connectivity index (χ0) is 16.5. The molecule has 1 saturated carbocycles. The maximum Gasteiger partial charge on any atom is 0.324 e. The number of primary amides is 1. The van der Waals surface area contributed by atoms with Crippen LogP contribution in [-0.2, 0) is 21.9 Å². The lowest BCUT2D eigenvalue weighted by molar-refractivity contribution is -0.145. The summed E-state index contributed by atoms with van der Waals surface area (Å²) in [6, 6.07) is 1.14. The molecule has 0 radical (unpaired) electrons. The monoisotopic (exact) mass is 329 g/mol. The largest absolute Gasteiger partial charge is 0.480 e. The van der Waals surface area contributed by atoms with E-state index in [0.29, 0.717) is 12.8 Å². The minimum absolute atomic E-state index is 0.0356. The third-order valence-electron chi connectivity index (χ3n) is 3.99. The molecule has 22 heavy (non-hydrogen) atoms. The molecule has 122 valence electrons. The highest BCUT2D eigenvalue weighted by Crippen LogP contribution is 2.30. The second-order valence-corrected chi connectivity index (χ2v) is 7.27. The molecule has 1 aromatic heterocycles. The summed E-state index contributed by atoms with van der Waals surface area (Å²) in [4.78, 5) is 22.6. The van der Waals surface area contributed by atoms with Crippen molar-refractivity contribution in [3.8, 4) is 0 Å². The molecule has 9 heteroatoms. The minimum Gasteiger partial charge on any atom is -0.480 e. The van der Waals surface area contributed by atoms with Crippen molar-refractivity contribution >= 4 is 21.9 Å². The van der Waals surface area contributed by atoms with Gasteiger partial charge >= 0.3 is 5.97 Å².